The van der Waals surface area contributed by atoms with E-state index in [0.717, 1.165) is 0 Å². The van der Waals surface area contributed by atoms with E-state index in [1.807, 2.05) is 0 Å². The Morgan fingerprint density at radius 2 is 1.04 bits per heavy atom. The summed E-state index contributed by atoms with van der Waals surface area (Å²) in [6, 6.07) is 57.7. The molecule has 0 bridgehead atoms. The molecular weight excluding hydrogens is 719 g/mol. The molecule has 0 radical (unpaired) electrons. The van der Waals surface area contributed by atoms with E-state index in [0.29, 0.717) is 7.25 Å². The molecule has 9 rings (SSSR count). The van der Waals surface area contributed by atoms with Gasteiger partial charge in [-0.3, -0.25) is 0 Å². The van der Waals surface area contributed by atoms with Crippen LogP contribution >= 0.6 is 0 Å². The van der Waals surface area contributed by atoms with Crippen molar-refractivity contribution in [3.8, 4) is 22.3 Å². The van der Waals surface area contributed by atoms with Crippen LogP contribution in [0.3, 0.4) is 0 Å². The first-order valence-electron chi connectivity index (χ1n) is 16.4. The Labute approximate surface area is 303 Å². The van der Waals surface area contributed by atoms with Gasteiger partial charge in [-0.05, 0) is 0 Å². The molecule has 0 nitrogen and oxygen atoms in total. The van der Waals surface area contributed by atoms with Gasteiger partial charge in [-0.25, -0.2) is 0 Å². The van der Waals surface area contributed by atoms with Crippen LogP contribution in [-0.4, -0.2) is 5.43 Å². The maximum Gasteiger partial charge on any atom is -1.00 e. The fraction of sp³-hybridized carbons (Fsp3) is 0.0909. The first-order valence-corrected chi connectivity index (χ1v) is 24.9. The van der Waals surface area contributed by atoms with Crippen molar-refractivity contribution in [2.75, 3.05) is 0 Å². The van der Waals surface area contributed by atoms with Crippen molar-refractivity contribution in [1.82, 2.24) is 0 Å². The largest absolute Gasteiger partial charge is 1.00 e. The van der Waals surface area contributed by atoms with E-state index < -0.39 is 25.8 Å². The third-order valence-corrected chi connectivity index (χ3v) is 30.4. The summed E-state index contributed by atoms with van der Waals surface area (Å²) in [4.78, 5) is 0. The molecule has 4 heteroatoms. The summed E-state index contributed by atoms with van der Waals surface area (Å²) in [6.45, 7) is 5.04. The second-order valence-corrected chi connectivity index (χ2v) is 28.8. The second-order valence-electron chi connectivity index (χ2n) is 12.8. The molecular formula is C44H34Cl2SiZr. The Balaban J connectivity index is 0.00000182. The molecule has 0 aliphatic heterocycles. The average molecular weight is 753 g/mol. The van der Waals surface area contributed by atoms with Crippen LogP contribution in [0, 0.1) is 0 Å². The number of allylic oxidation sites excluding steroid dienone is 2. The van der Waals surface area contributed by atoms with E-state index in [9.17, 15) is 0 Å². The zero-order chi connectivity index (χ0) is 30.8. The fourth-order valence-electron chi connectivity index (χ4n) is 8.43. The molecule has 0 spiro atoms. The monoisotopic (exact) mass is 750 g/mol. The van der Waals surface area contributed by atoms with Gasteiger partial charge in [0.1, 0.15) is 0 Å². The Bertz CT molecular complexity index is 2360. The predicted molar refractivity (Wildman–Crippen MR) is 195 cm³/mol. The summed E-state index contributed by atoms with van der Waals surface area (Å²) in [5, 5.41) is 6.91. The third kappa shape index (κ3) is 5.21. The van der Waals surface area contributed by atoms with Crippen molar-refractivity contribution in [3.05, 3.63) is 180 Å². The second kappa shape index (κ2) is 13.4. The number of fused-ring (bicyclic) bond motifs is 7. The molecule has 232 valence electrons. The van der Waals surface area contributed by atoms with E-state index in [2.05, 4.69) is 171 Å². The van der Waals surface area contributed by atoms with Gasteiger partial charge >= 0.3 is 281 Å². The molecule has 0 heterocycles. The Hall–Kier alpha value is -3.52. The number of hydrogen-bond donors (Lipinski definition) is 0. The molecule has 48 heavy (non-hydrogen) atoms. The van der Waals surface area contributed by atoms with E-state index in [4.69, 9.17) is 0 Å². The van der Waals surface area contributed by atoms with Crippen molar-refractivity contribution >= 4 is 37.7 Å². The Morgan fingerprint density at radius 3 is 1.75 bits per heavy atom. The van der Waals surface area contributed by atoms with Crippen LogP contribution in [0.4, 0.5) is 0 Å². The van der Waals surface area contributed by atoms with Crippen LogP contribution in [-0.2, 0) is 20.4 Å². The minimum Gasteiger partial charge on any atom is -1.00 e. The smallest absolute Gasteiger partial charge is 1.00 e. The summed E-state index contributed by atoms with van der Waals surface area (Å²) in [7, 11) is 0. The molecule has 0 fully saturated rings. The molecule has 0 saturated carbocycles. The molecule has 1 atom stereocenters. The summed E-state index contributed by atoms with van der Waals surface area (Å²) >= 11 is -2.43. The molecule has 2 aliphatic rings. The van der Waals surface area contributed by atoms with E-state index in [1.165, 1.54) is 54.9 Å². The van der Waals surface area contributed by atoms with Gasteiger partial charge in [-0.2, -0.15) is 0 Å². The van der Waals surface area contributed by atoms with E-state index in [1.54, 1.807) is 21.9 Å². The first kappa shape index (κ1) is 33.0. The van der Waals surface area contributed by atoms with E-state index in [-0.39, 0.29) is 24.8 Å². The Kier molecular flexibility index (Phi) is 9.22. The standard InChI is InChI=1S/C24H17.C13H9.C7H8Si.2ClH.Zr/c1-16-13-14-17-8-6-12-22(24(16)17)23-15-18-7-2-3-9-19(18)20-10-4-5-11-21(20)23;1-3-7-12-10(5-1)9-11-6-2-4-8-13(11)12;1-8-7-5-3-2-4-6-7;;;/h2-15H,1H3;1-9H;2-6H,1H3;2*1H;/q;;;;;+2/p-2. The summed E-state index contributed by atoms with van der Waals surface area (Å²) < 4.78 is 1.06. The number of benzene rings is 7. The normalized spacial score (nSPS) is 14.8. The van der Waals surface area contributed by atoms with Gasteiger partial charge < -0.3 is 24.8 Å². The van der Waals surface area contributed by atoms with Crippen LogP contribution in [0.5, 0.6) is 0 Å². The van der Waals surface area contributed by atoms with Crippen LogP contribution < -0.4 is 30.0 Å². The fourth-order valence-corrected chi connectivity index (χ4v) is 30.2. The third-order valence-electron chi connectivity index (χ3n) is 10.4. The molecule has 1 unspecified atom stereocenters. The molecule has 7 aromatic carbocycles. The van der Waals surface area contributed by atoms with Gasteiger partial charge in [-0.1, -0.05) is 0 Å². The van der Waals surface area contributed by atoms with Crippen molar-refractivity contribution in [3.63, 3.8) is 0 Å². The molecule has 0 saturated heterocycles. The van der Waals surface area contributed by atoms with Gasteiger partial charge in [0.05, 0.1) is 0 Å². The van der Waals surface area contributed by atoms with E-state index >= 15 is 0 Å². The summed E-state index contributed by atoms with van der Waals surface area (Å²) in [5.74, 6) is 0. The zero-order valence-electron chi connectivity index (χ0n) is 26.9. The SMILES string of the molecule is CC1=C[CH](/[Zr+2]([CH]2c3ccccc3-c3ccccc32)=[Si](/C)c2ccccc2)c2cccc(-c3cc4ccccc4c4ccccc34)c21.[Cl-].[Cl-]. The topological polar surface area (TPSA) is 0 Å². The van der Waals surface area contributed by atoms with Gasteiger partial charge in [0, 0.05) is 0 Å². The van der Waals surface area contributed by atoms with Gasteiger partial charge in [0.25, 0.3) is 0 Å². The van der Waals surface area contributed by atoms with Crippen LogP contribution in [0.2, 0.25) is 6.55 Å². The van der Waals surface area contributed by atoms with Gasteiger partial charge in [0.2, 0.25) is 0 Å². The minimum absolute atomic E-state index is 0. The number of hydrogen-bond acceptors (Lipinski definition) is 0. The first-order chi connectivity index (χ1) is 22.7. The summed E-state index contributed by atoms with van der Waals surface area (Å²) in [6.07, 6.45) is 2.72. The maximum absolute atomic E-state index is 2.72. The van der Waals surface area contributed by atoms with Crippen LogP contribution in [0.25, 0.3) is 49.4 Å². The molecule has 0 aromatic heterocycles. The minimum atomic E-state index is -2.43. The Morgan fingerprint density at radius 1 is 0.500 bits per heavy atom. The molecule has 2 aliphatic carbocycles. The van der Waals surface area contributed by atoms with Crippen LogP contribution in [0.1, 0.15) is 36.4 Å². The average Bonchev–Trinajstić information content (AvgIpc) is 3.63. The summed E-state index contributed by atoms with van der Waals surface area (Å²) in [5.41, 5.74) is 12.5. The number of rotatable bonds is 4. The van der Waals surface area contributed by atoms with Crippen molar-refractivity contribution < 1.29 is 45.2 Å². The molecule has 0 N–H and O–H groups in total. The quantitative estimate of drug-likeness (QED) is 0.175. The van der Waals surface area contributed by atoms with Gasteiger partial charge in [-0.15, -0.1) is 0 Å². The maximum atomic E-state index is 2.72. The van der Waals surface area contributed by atoms with Crippen molar-refractivity contribution in [2.45, 2.75) is 20.7 Å². The molecule has 0 amide bonds. The molecule has 7 aromatic rings. The van der Waals surface area contributed by atoms with Crippen molar-refractivity contribution in [2.24, 2.45) is 0 Å². The predicted octanol–water partition coefficient (Wildman–Crippen LogP) is 5.04. The number of halogens is 2. The zero-order valence-corrected chi connectivity index (χ0v) is 31.9. The van der Waals surface area contributed by atoms with Gasteiger partial charge in [0.15, 0.2) is 0 Å². The van der Waals surface area contributed by atoms with Crippen molar-refractivity contribution in [1.29, 1.82) is 0 Å². The van der Waals surface area contributed by atoms with Crippen LogP contribution in [0.15, 0.2) is 158 Å².